The van der Waals surface area contributed by atoms with Gasteiger partial charge in [-0.1, -0.05) is 140 Å². The lowest BCUT2D eigenvalue weighted by molar-refractivity contribution is -0.147. The molecular formula is C42H76NO8P. The van der Waals surface area contributed by atoms with Crippen LogP contribution in [0.25, 0.3) is 0 Å². The second kappa shape index (κ2) is 38.7. The SMILES string of the molecule is CC/C=C\C/C=C\C/C=C\CCCCCC(=O)OCC(O)COP(=O)(O)OCCNC(=O)CCCCCCCCC/C=C\CCCCCCCCC. The molecule has 0 heterocycles. The standard InChI is InChI=1S/C42H76NO8P/c1-3-5-7-9-11-13-15-17-18-19-20-21-23-24-26-28-30-32-34-41(45)43-36-37-50-52(47,48)51-39-40(44)38-49-42(46)35-33-31-29-27-25-22-16-14-12-10-8-6-4-2/h6,8,12,14,18-19,22,25,40,44H,3-5,7,9-11,13,15-17,20-21,23-24,26-39H2,1-2H3,(H,43,45)(H,47,48)/b8-6-,14-12-,19-18-,25-22-. The number of rotatable bonds is 38. The Balaban J connectivity index is 3.64. The van der Waals surface area contributed by atoms with Crippen molar-refractivity contribution in [3.8, 4) is 0 Å². The van der Waals surface area contributed by atoms with Gasteiger partial charge in [0, 0.05) is 19.4 Å². The first-order valence-electron chi connectivity index (χ1n) is 20.6. The van der Waals surface area contributed by atoms with Crippen molar-refractivity contribution in [2.75, 3.05) is 26.4 Å². The van der Waals surface area contributed by atoms with Gasteiger partial charge in [-0.3, -0.25) is 18.6 Å². The van der Waals surface area contributed by atoms with Crippen molar-refractivity contribution < 1.29 is 37.9 Å². The fourth-order valence-corrected chi connectivity index (χ4v) is 6.15. The van der Waals surface area contributed by atoms with E-state index in [-0.39, 0.29) is 32.1 Å². The number of hydrogen-bond donors (Lipinski definition) is 3. The van der Waals surface area contributed by atoms with Crippen molar-refractivity contribution in [3.05, 3.63) is 48.6 Å². The van der Waals surface area contributed by atoms with E-state index in [1.807, 2.05) is 0 Å². The molecule has 0 aliphatic rings. The van der Waals surface area contributed by atoms with Crippen LogP contribution in [-0.2, 0) is 27.9 Å². The van der Waals surface area contributed by atoms with Crippen LogP contribution in [0.2, 0.25) is 0 Å². The Morgan fingerprint density at radius 2 is 1.10 bits per heavy atom. The largest absolute Gasteiger partial charge is 0.472 e. The number of carbonyl (C=O) groups excluding carboxylic acids is 2. The summed E-state index contributed by atoms with van der Waals surface area (Å²) in [5.41, 5.74) is 0. The third-order valence-corrected chi connectivity index (χ3v) is 9.48. The zero-order valence-corrected chi connectivity index (χ0v) is 33.9. The highest BCUT2D eigenvalue weighted by atomic mass is 31.2. The highest BCUT2D eigenvalue weighted by Crippen LogP contribution is 2.42. The fourth-order valence-electron chi connectivity index (χ4n) is 5.39. The summed E-state index contributed by atoms with van der Waals surface area (Å²) in [5, 5.41) is 12.7. The molecule has 2 unspecified atom stereocenters. The van der Waals surface area contributed by atoms with Crippen LogP contribution in [-0.4, -0.2) is 54.3 Å². The normalized spacial score (nSPS) is 13.8. The fraction of sp³-hybridized carbons (Fsp3) is 0.762. The minimum atomic E-state index is -4.42. The Morgan fingerprint density at radius 1 is 0.615 bits per heavy atom. The molecule has 3 N–H and O–H groups in total. The van der Waals surface area contributed by atoms with E-state index in [0.717, 1.165) is 57.8 Å². The Labute approximate surface area is 317 Å². The molecule has 302 valence electrons. The molecule has 0 aliphatic heterocycles. The zero-order valence-electron chi connectivity index (χ0n) is 33.0. The molecule has 0 saturated carbocycles. The molecule has 0 saturated heterocycles. The first-order valence-corrected chi connectivity index (χ1v) is 22.1. The predicted molar refractivity (Wildman–Crippen MR) is 215 cm³/mol. The monoisotopic (exact) mass is 754 g/mol. The van der Waals surface area contributed by atoms with E-state index in [2.05, 4.69) is 67.8 Å². The molecule has 0 bridgehead atoms. The summed E-state index contributed by atoms with van der Waals surface area (Å²) in [7, 11) is -4.42. The number of carbonyl (C=O) groups is 2. The average molecular weight is 754 g/mol. The maximum atomic E-state index is 12.1. The maximum absolute atomic E-state index is 12.1. The maximum Gasteiger partial charge on any atom is 0.472 e. The van der Waals surface area contributed by atoms with Crippen LogP contribution in [0.4, 0.5) is 0 Å². The lowest BCUT2D eigenvalue weighted by Crippen LogP contribution is -2.27. The minimum Gasteiger partial charge on any atom is -0.463 e. The summed E-state index contributed by atoms with van der Waals surface area (Å²) < 4.78 is 26.8. The predicted octanol–water partition coefficient (Wildman–Crippen LogP) is 11.2. The molecule has 0 aromatic rings. The van der Waals surface area contributed by atoms with Crippen molar-refractivity contribution in [1.82, 2.24) is 5.32 Å². The number of unbranched alkanes of at least 4 members (excludes halogenated alkanes) is 17. The number of esters is 1. The summed E-state index contributed by atoms with van der Waals surface area (Å²) in [6, 6.07) is 0. The summed E-state index contributed by atoms with van der Waals surface area (Å²) in [4.78, 5) is 33.8. The number of amides is 1. The molecule has 0 radical (unpaired) electrons. The van der Waals surface area contributed by atoms with E-state index >= 15 is 0 Å². The van der Waals surface area contributed by atoms with Gasteiger partial charge in [-0.15, -0.1) is 0 Å². The van der Waals surface area contributed by atoms with Crippen molar-refractivity contribution in [1.29, 1.82) is 0 Å². The van der Waals surface area contributed by atoms with Gasteiger partial charge in [0.25, 0.3) is 0 Å². The number of ether oxygens (including phenoxy) is 1. The van der Waals surface area contributed by atoms with Crippen LogP contribution < -0.4 is 5.32 Å². The van der Waals surface area contributed by atoms with Gasteiger partial charge in [-0.25, -0.2) is 4.57 Å². The number of nitrogens with one attached hydrogen (secondary N) is 1. The first-order chi connectivity index (χ1) is 25.3. The van der Waals surface area contributed by atoms with Gasteiger partial charge >= 0.3 is 13.8 Å². The topological polar surface area (TPSA) is 131 Å². The Kier molecular flexibility index (Phi) is 37.2. The first kappa shape index (κ1) is 50.0. The van der Waals surface area contributed by atoms with Crippen molar-refractivity contribution >= 4 is 19.7 Å². The second-order valence-corrected chi connectivity index (χ2v) is 15.0. The molecule has 9 nitrogen and oxygen atoms in total. The van der Waals surface area contributed by atoms with E-state index in [0.29, 0.717) is 12.8 Å². The molecule has 0 rings (SSSR count). The van der Waals surface area contributed by atoms with Gasteiger partial charge in [-0.2, -0.15) is 0 Å². The van der Waals surface area contributed by atoms with Crippen molar-refractivity contribution in [2.45, 2.75) is 180 Å². The van der Waals surface area contributed by atoms with Crippen molar-refractivity contribution in [2.24, 2.45) is 0 Å². The summed E-state index contributed by atoms with van der Waals surface area (Å²) in [6.45, 7) is 3.39. The number of phosphoric acid groups is 1. The van der Waals surface area contributed by atoms with Crippen LogP contribution in [0.15, 0.2) is 48.6 Å². The Bertz CT molecular complexity index is 996. The minimum absolute atomic E-state index is 0.0746. The molecule has 1 amide bonds. The van der Waals surface area contributed by atoms with Gasteiger partial charge in [0.05, 0.1) is 13.2 Å². The van der Waals surface area contributed by atoms with Crippen LogP contribution in [0, 0.1) is 0 Å². The average Bonchev–Trinajstić information content (AvgIpc) is 3.13. The van der Waals surface area contributed by atoms with Gasteiger partial charge in [0.2, 0.25) is 5.91 Å². The van der Waals surface area contributed by atoms with E-state index in [1.165, 1.54) is 83.5 Å². The van der Waals surface area contributed by atoms with E-state index in [9.17, 15) is 24.2 Å². The van der Waals surface area contributed by atoms with E-state index in [1.54, 1.807) is 0 Å². The summed E-state index contributed by atoms with van der Waals surface area (Å²) >= 11 is 0. The summed E-state index contributed by atoms with van der Waals surface area (Å²) in [6.07, 6.45) is 43.3. The Morgan fingerprint density at radius 3 is 1.69 bits per heavy atom. The second-order valence-electron chi connectivity index (χ2n) is 13.6. The third kappa shape index (κ3) is 39.2. The molecule has 10 heteroatoms. The number of phosphoric ester groups is 1. The van der Waals surface area contributed by atoms with Crippen LogP contribution in [0.3, 0.4) is 0 Å². The van der Waals surface area contributed by atoms with Gasteiger partial charge < -0.3 is 20.1 Å². The molecule has 52 heavy (non-hydrogen) atoms. The molecular weight excluding hydrogens is 677 g/mol. The quantitative estimate of drug-likeness (QED) is 0.0246. The number of aliphatic hydroxyl groups is 1. The Hall–Kier alpha value is -2.03. The number of hydrogen-bond acceptors (Lipinski definition) is 7. The van der Waals surface area contributed by atoms with Gasteiger partial charge in [0.1, 0.15) is 12.7 Å². The zero-order chi connectivity index (χ0) is 38.2. The van der Waals surface area contributed by atoms with Crippen LogP contribution in [0.1, 0.15) is 174 Å². The molecule has 2 atom stereocenters. The third-order valence-electron chi connectivity index (χ3n) is 8.49. The number of allylic oxidation sites excluding steroid dienone is 8. The lowest BCUT2D eigenvalue weighted by atomic mass is 10.1. The van der Waals surface area contributed by atoms with Crippen LogP contribution in [0.5, 0.6) is 0 Å². The van der Waals surface area contributed by atoms with E-state index < -0.39 is 26.5 Å². The summed E-state index contributed by atoms with van der Waals surface area (Å²) in [5.74, 6) is -0.553. The molecule has 0 aromatic heterocycles. The van der Waals surface area contributed by atoms with Crippen molar-refractivity contribution in [3.63, 3.8) is 0 Å². The van der Waals surface area contributed by atoms with E-state index in [4.69, 9.17) is 13.8 Å². The van der Waals surface area contributed by atoms with Crippen LogP contribution >= 0.6 is 7.82 Å². The lowest BCUT2D eigenvalue weighted by Gasteiger charge is -2.15. The van der Waals surface area contributed by atoms with Gasteiger partial charge in [0.15, 0.2) is 0 Å². The highest BCUT2D eigenvalue weighted by Gasteiger charge is 2.23. The molecule has 0 spiro atoms. The smallest absolute Gasteiger partial charge is 0.463 e. The molecule has 0 aromatic carbocycles. The van der Waals surface area contributed by atoms with Gasteiger partial charge in [-0.05, 0) is 70.6 Å². The molecule has 0 aliphatic carbocycles. The number of aliphatic hydroxyl groups excluding tert-OH is 1. The highest BCUT2D eigenvalue weighted by molar-refractivity contribution is 7.47. The molecule has 0 fully saturated rings.